The number of rotatable bonds is 3. The summed E-state index contributed by atoms with van der Waals surface area (Å²) in [6.07, 6.45) is 2.84. The van der Waals surface area contributed by atoms with Gasteiger partial charge in [-0.05, 0) is 58.3 Å². The minimum atomic E-state index is 0.0688. The number of halogens is 1. The zero-order valence-electron chi connectivity index (χ0n) is 11.7. The maximum absolute atomic E-state index is 11.2. The molecule has 2 rings (SSSR count). The van der Waals surface area contributed by atoms with Crippen LogP contribution < -0.4 is 4.90 Å². The molecule has 4 heteroatoms. The molecule has 0 aliphatic carbocycles. The van der Waals surface area contributed by atoms with Crippen molar-refractivity contribution in [2.45, 2.75) is 32.1 Å². The summed E-state index contributed by atoms with van der Waals surface area (Å²) in [6, 6.07) is 4.26. The lowest BCUT2D eigenvalue weighted by molar-refractivity contribution is -0.107. The number of anilines is 1. The molecule has 0 N–H and O–H groups in total. The zero-order chi connectivity index (χ0) is 14.0. The smallest absolute Gasteiger partial charge is 0.213 e. The molecule has 1 aromatic rings. The Hall–Kier alpha value is -0.870. The Balaban J connectivity index is 2.56. The Bertz CT molecular complexity index is 481. The predicted octanol–water partition coefficient (Wildman–Crippen LogP) is 3.42. The van der Waals surface area contributed by atoms with Gasteiger partial charge in [0.2, 0.25) is 6.41 Å². The lowest BCUT2D eigenvalue weighted by atomic mass is 9.75. The van der Waals surface area contributed by atoms with E-state index in [1.807, 2.05) is 0 Å². The van der Waals surface area contributed by atoms with E-state index in [-0.39, 0.29) is 5.41 Å². The second-order valence-electron chi connectivity index (χ2n) is 5.53. The summed E-state index contributed by atoms with van der Waals surface area (Å²) < 4.78 is 6.46. The molecule has 1 aromatic carbocycles. The van der Waals surface area contributed by atoms with Crippen molar-refractivity contribution in [3.63, 3.8) is 0 Å². The average molecular weight is 326 g/mol. The summed E-state index contributed by atoms with van der Waals surface area (Å²) in [5.74, 6) is 0. The monoisotopic (exact) mass is 325 g/mol. The highest BCUT2D eigenvalue weighted by Gasteiger charge is 2.33. The lowest BCUT2D eigenvalue weighted by Gasteiger charge is -2.37. The topological polar surface area (TPSA) is 29.5 Å². The molecular formula is C15H20BrNO2. The standard InChI is InChI=1S/C15H20BrNO2/c1-11-8-12(15(2)4-6-19-7-5-15)14(13(16)9-11)17(3)10-18/h8-10H,4-7H2,1-3H3. The minimum absolute atomic E-state index is 0.0688. The highest BCUT2D eigenvalue weighted by Crippen LogP contribution is 2.43. The Morgan fingerprint density at radius 2 is 2.00 bits per heavy atom. The van der Waals surface area contributed by atoms with Crippen LogP contribution in [0.3, 0.4) is 0 Å². The van der Waals surface area contributed by atoms with Crippen molar-refractivity contribution < 1.29 is 9.53 Å². The van der Waals surface area contributed by atoms with Gasteiger partial charge in [0.05, 0.1) is 5.69 Å². The van der Waals surface area contributed by atoms with Gasteiger partial charge in [0.1, 0.15) is 0 Å². The Morgan fingerprint density at radius 3 is 2.58 bits per heavy atom. The summed E-state index contributed by atoms with van der Waals surface area (Å²) in [4.78, 5) is 12.8. The van der Waals surface area contributed by atoms with Crippen molar-refractivity contribution in [1.82, 2.24) is 0 Å². The molecule has 1 amide bonds. The predicted molar refractivity (Wildman–Crippen MR) is 80.8 cm³/mol. The molecule has 0 bridgehead atoms. The van der Waals surface area contributed by atoms with Gasteiger partial charge in [0.25, 0.3) is 0 Å². The molecule has 0 unspecified atom stereocenters. The molecule has 1 saturated heterocycles. The largest absolute Gasteiger partial charge is 0.381 e. The molecule has 0 aromatic heterocycles. The van der Waals surface area contributed by atoms with Crippen molar-refractivity contribution in [3.05, 3.63) is 27.7 Å². The van der Waals surface area contributed by atoms with Crippen LogP contribution in [0.25, 0.3) is 0 Å². The van der Waals surface area contributed by atoms with Crippen molar-refractivity contribution in [2.24, 2.45) is 0 Å². The van der Waals surface area contributed by atoms with Crippen molar-refractivity contribution in [2.75, 3.05) is 25.2 Å². The molecular weight excluding hydrogens is 306 g/mol. The van der Waals surface area contributed by atoms with Crippen LogP contribution in [-0.4, -0.2) is 26.7 Å². The van der Waals surface area contributed by atoms with E-state index >= 15 is 0 Å². The normalized spacial score (nSPS) is 18.1. The fourth-order valence-electron chi connectivity index (χ4n) is 2.70. The first kappa shape index (κ1) is 14.5. The molecule has 3 nitrogen and oxygen atoms in total. The second kappa shape index (κ2) is 5.63. The fourth-order valence-corrected chi connectivity index (χ4v) is 3.55. The van der Waals surface area contributed by atoms with E-state index in [1.54, 1.807) is 11.9 Å². The number of aryl methyl sites for hydroxylation is 1. The number of hydrogen-bond donors (Lipinski definition) is 0. The molecule has 19 heavy (non-hydrogen) atoms. The lowest BCUT2D eigenvalue weighted by Crippen LogP contribution is -2.33. The highest BCUT2D eigenvalue weighted by molar-refractivity contribution is 9.10. The zero-order valence-corrected chi connectivity index (χ0v) is 13.3. The molecule has 0 spiro atoms. The van der Waals surface area contributed by atoms with Gasteiger partial charge in [-0.2, -0.15) is 0 Å². The Labute approximate surface area is 123 Å². The van der Waals surface area contributed by atoms with Crippen LogP contribution in [0, 0.1) is 6.92 Å². The first-order chi connectivity index (χ1) is 8.98. The Kier molecular flexibility index (Phi) is 4.31. The van der Waals surface area contributed by atoms with Crippen LogP contribution in [0.2, 0.25) is 0 Å². The van der Waals surface area contributed by atoms with Crippen molar-refractivity contribution >= 4 is 28.0 Å². The van der Waals surface area contributed by atoms with Crippen molar-refractivity contribution in [1.29, 1.82) is 0 Å². The van der Waals surface area contributed by atoms with Gasteiger partial charge >= 0.3 is 0 Å². The van der Waals surface area contributed by atoms with E-state index in [4.69, 9.17) is 4.74 Å². The molecule has 1 fully saturated rings. The summed E-state index contributed by atoms with van der Waals surface area (Å²) in [6.45, 7) is 5.92. The SMILES string of the molecule is Cc1cc(Br)c(N(C)C=O)c(C2(C)CCOCC2)c1. The number of carbonyl (C=O) groups excluding carboxylic acids is 1. The third-order valence-electron chi connectivity index (χ3n) is 3.97. The van der Waals surface area contributed by atoms with Gasteiger partial charge in [-0.25, -0.2) is 0 Å². The minimum Gasteiger partial charge on any atom is -0.381 e. The molecule has 1 heterocycles. The van der Waals surface area contributed by atoms with Gasteiger partial charge < -0.3 is 9.64 Å². The van der Waals surface area contributed by atoms with E-state index < -0.39 is 0 Å². The first-order valence-corrected chi connectivity index (χ1v) is 7.34. The van der Waals surface area contributed by atoms with Crippen molar-refractivity contribution in [3.8, 4) is 0 Å². The van der Waals surface area contributed by atoms with E-state index in [9.17, 15) is 4.79 Å². The summed E-state index contributed by atoms with van der Waals surface area (Å²) in [5.41, 5.74) is 3.49. The van der Waals surface area contributed by atoms with E-state index in [1.165, 1.54) is 11.1 Å². The van der Waals surface area contributed by atoms with E-state index in [0.717, 1.165) is 42.6 Å². The number of hydrogen-bond acceptors (Lipinski definition) is 2. The molecule has 0 saturated carbocycles. The number of amides is 1. The van der Waals surface area contributed by atoms with E-state index in [2.05, 4.69) is 41.9 Å². The highest BCUT2D eigenvalue weighted by atomic mass is 79.9. The van der Waals surface area contributed by atoms with Crippen LogP contribution in [0.1, 0.15) is 30.9 Å². The summed E-state index contributed by atoms with van der Waals surface area (Å²) >= 11 is 3.60. The van der Waals surface area contributed by atoms with Gasteiger partial charge in [0.15, 0.2) is 0 Å². The Morgan fingerprint density at radius 1 is 1.37 bits per heavy atom. The number of ether oxygens (including phenoxy) is 1. The molecule has 104 valence electrons. The van der Waals surface area contributed by atoms with Crippen LogP contribution in [-0.2, 0) is 14.9 Å². The maximum Gasteiger partial charge on any atom is 0.213 e. The second-order valence-corrected chi connectivity index (χ2v) is 6.39. The van der Waals surface area contributed by atoms with Gasteiger partial charge in [0, 0.05) is 24.7 Å². The number of carbonyl (C=O) groups is 1. The third kappa shape index (κ3) is 2.84. The van der Waals surface area contributed by atoms with Gasteiger partial charge in [-0.1, -0.05) is 13.0 Å². The van der Waals surface area contributed by atoms with Gasteiger partial charge in [-0.15, -0.1) is 0 Å². The average Bonchev–Trinajstić information content (AvgIpc) is 2.38. The first-order valence-electron chi connectivity index (χ1n) is 6.54. The third-order valence-corrected chi connectivity index (χ3v) is 4.57. The van der Waals surface area contributed by atoms with Crippen LogP contribution >= 0.6 is 15.9 Å². The maximum atomic E-state index is 11.2. The van der Waals surface area contributed by atoms with Crippen LogP contribution in [0.15, 0.2) is 16.6 Å². The molecule has 1 aliphatic rings. The molecule has 1 aliphatic heterocycles. The summed E-state index contributed by atoms with van der Waals surface area (Å²) in [7, 11) is 1.80. The quantitative estimate of drug-likeness (QED) is 0.797. The fraction of sp³-hybridized carbons (Fsp3) is 0.533. The summed E-state index contributed by atoms with van der Waals surface area (Å²) in [5, 5.41) is 0. The van der Waals surface area contributed by atoms with Crippen LogP contribution in [0.4, 0.5) is 5.69 Å². The molecule has 0 radical (unpaired) electrons. The number of benzene rings is 1. The van der Waals surface area contributed by atoms with Gasteiger partial charge in [-0.3, -0.25) is 4.79 Å². The number of nitrogens with zero attached hydrogens (tertiary/aromatic N) is 1. The molecule has 0 atom stereocenters. The van der Waals surface area contributed by atoms with Crippen LogP contribution in [0.5, 0.6) is 0 Å². The van der Waals surface area contributed by atoms with E-state index in [0.29, 0.717) is 0 Å².